The summed E-state index contributed by atoms with van der Waals surface area (Å²) >= 11 is 6.38. The average Bonchev–Trinajstić information content (AvgIpc) is 2.86. The summed E-state index contributed by atoms with van der Waals surface area (Å²) in [5.41, 5.74) is 2.04. The van der Waals surface area contributed by atoms with E-state index < -0.39 is 5.97 Å². The lowest BCUT2D eigenvalue weighted by molar-refractivity contribution is 0.0690. The maximum Gasteiger partial charge on any atom is 0.353 e. The highest BCUT2D eigenvalue weighted by atomic mass is 35.5. The highest BCUT2D eigenvalue weighted by molar-refractivity contribution is 6.33. The number of halogens is 1. The van der Waals surface area contributed by atoms with E-state index in [-0.39, 0.29) is 5.69 Å². The summed E-state index contributed by atoms with van der Waals surface area (Å²) in [6.07, 6.45) is 1.47. The fourth-order valence-electron chi connectivity index (χ4n) is 2.51. The number of fused-ring (bicyclic) bond motifs is 1. The van der Waals surface area contributed by atoms with E-state index in [1.807, 2.05) is 6.92 Å². The van der Waals surface area contributed by atoms with Crippen LogP contribution in [0.25, 0.3) is 11.3 Å². The lowest BCUT2D eigenvalue weighted by atomic mass is 10.00. The highest BCUT2D eigenvalue weighted by Gasteiger charge is 2.23. The van der Waals surface area contributed by atoms with Gasteiger partial charge in [-0.15, -0.1) is 0 Å². The van der Waals surface area contributed by atoms with Crippen molar-refractivity contribution in [1.29, 1.82) is 0 Å². The molecule has 2 heterocycles. The first-order chi connectivity index (χ1) is 10.6. The third-order valence-electron chi connectivity index (χ3n) is 3.51. The smallest absolute Gasteiger partial charge is 0.353 e. The van der Waals surface area contributed by atoms with Gasteiger partial charge in [0, 0.05) is 23.6 Å². The summed E-state index contributed by atoms with van der Waals surface area (Å²) in [6.45, 7) is 3.13. The summed E-state index contributed by atoms with van der Waals surface area (Å²) < 4.78 is 11.5. The second-order valence-corrected chi connectivity index (χ2v) is 5.32. The Balaban J connectivity index is 2.17. The molecule has 0 unspecified atom stereocenters. The van der Waals surface area contributed by atoms with Gasteiger partial charge in [0.15, 0.2) is 11.5 Å². The minimum atomic E-state index is -1.07. The van der Waals surface area contributed by atoms with E-state index >= 15 is 0 Å². The molecule has 0 bridgehead atoms. The van der Waals surface area contributed by atoms with Crippen molar-refractivity contribution in [2.24, 2.45) is 0 Å². The first-order valence-electron chi connectivity index (χ1n) is 7.01. The van der Waals surface area contributed by atoms with Gasteiger partial charge in [-0.3, -0.25) is 5.10 Å². The van der Waals surface area contributed by atoms with E-state index in [0.717, 1.165) is 12.0 Å². The highest BCUT2D eigenvalue weighted by Crippen LogP contribution is 2.44. The first kappa shape index (κ1) is 14.7. The molecule has 22 heavy (non-hydrogen) atoms. The largest absolute Gasteiger partial charge is 0.489 e. The van der Waals surface area contributed by atoms with Crippen LogP contribution in [-0.2, 0) is 6.42 Å². The van der Waals surface area contributed by atoms with Crippen LogP contribution in [0.4, 0.5) is 0 Å². The van der Waals surface area contributed by atoms with Crippen LogP contribution in [-0.4, -0.2) is 34.5 Å². The predicted molar refractivity (Wildman–Crippen MR) is 81.0 cm³/mol. The van der Waals surface area contributed by atoms with Gasteiger partial charge in [-0.2, -0.15) is 5.10 Å². The summed E-state index contributed by atoms with van der Waals surface area (Å²) in [6, 6.07) is 3.17. The minimum absolute atomic E-state index is 0.0141. The van der Waals surface area contributed by atoms with Crippen molar-refractivity contribution in [2.45, 2.75) is 19.8 Å². The molecule has 0 spiro atoms. The van der Waals surface area contributed by atoms with Crippen LogP contribution in [0.3, 0.4) is 0 Å². The van der Waals surface area contributed by atoms with Gasteiger partial charge in [-0.05, 0) is 12.5 Å². The van der Waals surface area contributed by atoms with Crippen LogP contribution in [0.2, 0.25) is 5.02 Å². The van der Waals surface area contributed by atoms with Crippen molar-refractivity contribution in [3.05, 3.63) is 28.4 Å². The van der Waals surface area contributed by atoms with Gasteiger partial charge in [-0.25, -0.2) is 4.79 Å². The molecular weight excluding hydrogens is 308 g/mol. The summed E-state index contributed by atoms with van der Waals surface area (Å²) in [5, 5.41) is 16.0. The number of nitrogens with zero attached hydrogens (tertiary/aromatic N) is 1. The minimum Gasteiger partial charge on any atom is -0.489 e. The van der Waals surface area contributed by atoms with Crippen LogP contribution in [0, 0.1) is 0 Å². The molecule has 1 aliphatic rings. The van der Waals surface area contributed by atoms with Gasteiger partial charge in [0.25, 0.3) is 0 Å². The molecule has 7 heteroatoms. The molecule has 0 aliphatic carbocycles. The van der Waals surface area contributed by atoms with Crippen molar-refractivity contribution < 1.29 is 19.4 Å². The number of aromatic carboxylic acids is 1. The van der Waals surface area contributed by atoms with Gasteiger partial charge in [0.1, 0.15) is 5.69 Å². The monoisotopic (exact) mass is 322 g/mol. The van der Waals surface area contributed by atoms with Gasteiger partial charge in [-0.1, -0.05) is 18.5 Å². The zero-order valence-electron chi connectivity index (χ0n) is 12.0. The quantitative estimate of drug-likeness (QED) is 0.906. The summed E-state index contributed by atoms with van der Waals surface area (Å²) in [4.78, 5) is 11.0. The van der Waals surface area contributed by atoms with E-state index in [1.54, 1.807) is 6.07 Å². The van der Waals surface area contributed by atoms with Crippen molar-refractivity contribution in [1.82, 2.24) is 10.2 Å². The van der Waals surface area contributed by atoms with Crippen LogP contribution in [0.5, 0.6) is 11.5 Å². The Hall–Kier alpha value is -2.21. The number of aromatic amines is 1. The molecule has 2 aromatic rings. The average molecular weight is 323 g/mol. The third-order valence-corrected chi connectivity index (χ3v) is 3.80. The fourth-order valence-corrected chi connectivity index (χ4v) is 2.82. The van der Waals surface area contributed by atoms with Gasteiger partial charge < -0.3 is 14.6 Å². The molecule has 0 radical (unpaired) electrons. The lowest BCUT2D eigenvalue weighted by Gasteiger charge is -2.16. The molecule has 1 aliphatic heterocycles. The number of carboxylic acid groups (broad SMARTS) is 1. The number of carbonyl (C=O) groups is 1. The molecule has 2 N–H and O–H groups in total. The number of H-pyrrole nitrogens is 1. The predicted octanol–water partition coefficient (Wildman–Crippen LogP) is 3.15. The number of aromatic nitrogens is 2. The van der Waals surface area contributed by atoms with E-state index in [2.05, 4.69) is 10.2 Å². The van der Waals surface area contributed by atoms with Crippen LogP contribution < -0.4 is 9.47 Å². The molecule has 0 fully saturated rings. The Bertz CT molecular complexity index is 727. The van der Waals surface area contributed by atoms with Crippen LogP contribution >= 0.6 is 11.6 Å². The third kappa shape index (κ3) is 2.50. The Labute approximate surface area is 132 Å². The Morgan fingerprint density at radius 2 is 2.18 bits per heavy atom. The maximum absolute atomic E-state index is 11.0. The zero-order chi connectivity index (χ0) is 15.7. The Morgan fingerprint density at radius 1 is 1.41 bits per heavy atom. The molecule has 1 aromatic heterocycles. The van der Waals surface area contributed by atoms with Crippen molar-refractivity contribution >= 4 is 17.6 Å². The molecule has 0 amide bonds. The van der Waals surface area contributed by atoms with E-state index in [1.165, 1.54) is 6.07 Å². The SMILES string of the molecule is CCc1c2c(cc(Cl)c1-c1cc(C(=O)O)[nH]n1)OCCCO2. The molecule has 6 nitrogen and oxygen atoms in total. The Kier molecular flexibility index (Phi) is 3.94. The van der Waals surface area contributed by atoms with E-state index in [9.17, 15) is 4.79 Å². The number of nitrogens with one attached hydrogen (secondary N) is 1. The van der Waals surface area contributed by atoms with Crippen molar-refractivity contribution in [3.63, 3.8) is 0 Å². The number of hydrogen-bond donors (Lipinski definition) is 2. The standard InChI is InChI=1S/C15H15ClN2O4/c1-2-8-13(10-7-11(15(19)20)18-17-10)9(16)6-12-14(8)22-5-3-4-21-12/h6-7H,2-5H2,1H3,(H,17,18)(H,19,20). The molecule has 1 aromatic carbocycles. The van der Waals surface area contributed by atoms with Crippen LogP contribution in [0.1, 0.15) is 29.4 Å². The Morgan fingerprint density at radius 3 is 2.86 bits per heavy atom. The lowest BCUT2D eigenvalue weighted by Crippen LogP contribution is -2.00. The van der Waals surface area contributed by atoms with Crippen molar-refractivity contribution in [3.8, 4) is 22.8 Å². The summed E-state index contributed by atoms with van der Waals surface area (Å²) in [7, 11) is 0. The molecule has 0 saturated carbocycles. The molecule has 3 rings (SSSR count). The zero-order valence-corrected chi connectivity index (χ0v) is 12.7. The molecule has 116 valence electrons. The first-order valence-corrected chi connectivity index (χ1v) is 7.39. The normalized spacial score (nSPS) is 13.7. The number of ether oxygens (including phenoxy) is 2. The number of carboxylic acids is 1. The van der Waals surface area contributed by atoms with Gasteiger partial charge in [0.05, 0.1) is 23.9 Å². The van der Waals surface area contributed by atoms with Crippen LogP contribution in [0.15, 0.2) is 12.1 Å². The van der Waals surface area contributed by atoms with Gasteiger partial charge >= 0.3 is 5.97 Å². The van der Waals surface area contributed by atoms with E-state index in [4.69, 9.17) is 26.2 Å². The molecule has 0 atom stereocenters. The van der Waals surface area contributed by atoms with Gasteiger partial charge in [0.2, 0.25) is 0 Å². The second kappa shape index (κ2) is 5.88. The topological polar surface area (TPSA) is 84.4 Å². The maximum atomic E-state index is 11.0. The number of benzene rings is 1. The van der Waals surface area contributed by atoms with E-state index in [0.29, 0.717) is 47.4 Å². The molecule has 0 saturated heterocycles. The van der Waals surface area contributed by atoms with Crippen molar-refractivity contribution in [2.75, 3.05) is 13.2 Å². The summed E-state index contributed by atoms with van der Waals surface area (Å²) in [5.74, 6) is 0.221. The number of hydrogen-bond acceptors (Lipinski definition) is 4. The molecular formula is C15H15ClN2O4. The second-order valence-electron chi connectivity index (χ2n) is 4.92. The number of rotatable bonds is 3. The fraction of sp³-hybridized carbons (Fsp3) is 0.333.